The molecule has 1 aromatic rings. The van der Waals surface area contributed by atoms with Gasteiger partial charge >= 0.3 is 0 Å². The van der Waals surface area contributed by atoms with Gasteiger partial charge in [0, 0.05) is 0 Å². The van der Waals surface area contributed by atoms with Gasteiger partial charge in [-0.1, -0.05) is 19.3 Å². The highest BCUT2D eigenvalue weighted by Gasteiger charge is 2.25. The number of aryl methyl sites for hydroxylation is 1. The molecule has 20 heavy (non-hydrogen) atoms. The normalized spacial score (nSPS) is 12.9. The Bertz CT molecular complexity index is 648. The number of benzene rings is 1. The van der Waals surface area contributed by atoms with Gasteiger partial charge in [0.1, 0.15) is 5.82 Å². The smallest absolute Gasteiger partial charge is 0.242 e. The fourth-order valence-electron chi connectivity index (χ4n) is 2.06. The maximum absolute atomic E-state index is 13.5. The standard InChI is InChI=1S/C14H19FN2O2S/c1-5-7-11(6-2)17-20(18,19)14-9(3)8-12(15)13(16)10(14)4/h2,8,11,17H,5,7,16H2,1,3-4H3. The Hall–Kier alpha value is -1.58. The lowest BCUT2D eigenvalue weighted by atomic mass is 10.1. The number of halogens is 1. The van der Waals surface area contributed by atoms with Crippen LogP contribution in [0.1, 0.15) is 30.9 Å². The maximum atomic E-state index is 13.5. The van der Waals surface area contributed by atoms with Crippen LogP contribution in [-0.2, 0) is 10.0 Å². The van der Waals surface area contributed by atoms with Gasteiger partial charge in [-0.15, -0.1) is 6.42 Å². The first-order chi connectivity index (χ1) is 9.24. The van der Waals surface area contributed by atoms with E-state index in [-0.39, 0.29) is 16.1 Å². The molecule has 0 saturated carbocycles. The molecule has 0 aliphatic rings. The van der Waals surface area contributed by atoms with Gasteiger partial charge in [-0.3, -0.25) is 0 Å². The molecule has 0 amide bonds. The number of rotatable bonds is 5. The number of nitrogens with two attached hydrogens (primary N) is 1. The summed E-state index contributed by atoms with van der Waals surface area (Å²) < 4.78 is 40.7. The van der Waals surface area contributed by atoms with Crippen molar-refractivity contribution in [2.75, 3.05) is 5.73 Å². The predicted molar refractivity (Wildman–Crippen MR) is 78.1 cm³/mol. The zero-order chi connectivity index (χ0) is 15.5. The second-order valence-electron chi connectivity index (χ2n) is 4.67. The van der Waals surface area contributed by atoms with Crippen LogP contribution in [0, 0.1) is 32.0 Å². The number of nitrogens with one attached hydrogen (secondary N) is 1. The molecule has 0 saturated heterocycles. The van der Waals surface area contributed by atoms with E-state index in [9.17, 15) is 12.8 Å². The summed E-state index contributed by atoms with van der Waals surface area (Å²) in [5.41, 5.74) is 5.90. The average molecular weight is 298 g/mol. The predicted octanol–water partition coefficient (Wildman–Crippen LogP) is 2.10. The monoisotopic (exact) mass is 298 g/mol. The van der Waals surface area contributed by atoms with E-state index in [1.165, 1.54) is 13.8 Å². The van der Waals surface area contributed by atoms with Crippen molar-refractivity contribution in [1.29, 1.82) is 0 Å². The summed E-state index contributed by atoms with van der Waals surface area (Å²) in [5, 5.41) is 0. The molecule has 1 aromatic carbocycles. The topological polar surface area (TPSA) is 72.2 Å². The van der Waals surface area contributed by atoms with Gasteiger partial charge in [-0.05, 0) is 37.5 Å². The highest BCUT2D eigenvalue weighted by molar-refractivity contribution is 7.89. The van der Waals surface area contributed by atoms with Crippen molar-refractivity contribution in [3.05, 3.63) is 23.0 Å². The Morgan fingerprint density at radius 2 is 2.10 bits per heavy atom. The highest BCUT2D eigenvalue weighted by Crippen LogP contribution is 2.27. The molecule has 0 bridgehead atoms. The van der Waals surface area contributed by atoms with E-state index in [2.05, 4.69) is 10.6 Å². The van der Waals surface area contributed by atoms with Crippen molar-refractivity contribution in [2.24, 2.45) is 0 Å². The van der Waals surface area contributed by atoms with Gasteiger partial charge in [0.15, 0.2) is 0 Å². The minimum Gasteiger partial charge on any atom is -0.396 e. The third kappa shape index (κ3) is 3.30. The van der Waals surface area contributed by atoms with Crippen molar-refractivity contribution >= 4 is 15.7 Å². The van der Waals surface area contributed by atoms with Gasteiger partial charge in [0.25, 0.3) is 0 Å². The van der Waals surface area contributed by atoms with E-state index in [0.717, 1.165) is 12.5 Å². The number of sulfonamides is 1. The van der Waals surface area contributed by atoms with Crippen LogP contribution in [-0.4, -0.2) is 14.5 Å². The molecule has 1 atom stereocenters. The zero-order valence-electron chi connectivity index (χ0n) is 11.8. The van der Waals surface area contributed by atoms with E-state index in [1.54, 1.807) is 0 Å². The van der Waals surface area contributed by atoms with Crippen molar-refractivity contribution in [2.45, 2.75) is 44.6 Å². The molecule has 3 N–H and O–H groups in total. The van der Waals surface area contributed by atoms with Gasteiger partial charge < -0.3 is 5.73 Å². The Labute approximate surface area is 119 Å². The lowest BCUT2D eigenvalue weighted by molar-refractivity contribution is 0.562. The number of hydrogen-bond donors (Lipinski definition) is 2. The first kappa shape index (κ1) is 16.5. The van der Waals surface area contributed by atoms with Crippen molar-refractivity contribution < 1.29 is 12.8 Å². The summed E-state index contributed by atoms with van der Waals surface area (Å²) in [7, 11) is -3.83. The number of anilines is 1. The van der Waals surface area contributed by atoms with E-state index < -0.39 is 21.9 Å². The quantitative estimate of drug-likeness (QED) is 0.646. The summed E-state index contributed by atoms with van der Waals surface area (Å²) in [6, 6.07) is 0.525. The minimum atomic E-state index is -3.83. The van der Waals surface area contributed by atoms with E-state index in [4.69, 9.17) is 12.2 Å². The molecule has 0 aromatic heterocycles. The molecule has 0 spiro atoms. The zero-order valence-corrected chi connectivity index (χ0v) is 12.6. The van der Waals surface area contributed by atoms with Crippen LogP contribution in [0.3, 0.4) is 0 Å². The molecule has 0 heterocycles. The van der Waals surface area contributed by atoms with Gasteiger partial charge in [-0.25, -0.2) is 12.8 Å². The molecule has 0 radical (unpaired) electrons. The second kappa shape index (κ2) is 6.25. The largest absolute Gasteiger partial charge is 0.396 e. The minimum absolute atomic E-state index is 0.00671. The van der Waals surface area contributed by atoms with Crippen LogP contribution < -0.4 is 10.5 Å². The SMILES string of the molecule is C#CC(CCC)NS(=O)(=O)c1c(C)cc(F)c(N)c1C. The lowest BCUT2D eigenvalue weighted by Crippen LogP contribution is -2.34. The summed E-state index contributed by atoms with van der Waals surface area (Å²) in [6.45, 7) is 4.91. The first-order valence-electron chi connectivity index (χ1n) is 6.28. The van der Waals surface area contributed by atoms with Crippen molar-refractivity contribution in [1.82, 2.24) is 4.72 Å². The Balaban J connectivity index is 3.30. The van der Waals surface area contributed by atoms with Gasteiger partial charge in [-0.2, -0.15) is 4.72 Å². The molecule has 0 fully saturated rings. The average Bonchev–Trinajstić information content (AvgIpc) is 2.34. The van der Waals surface area contributed by atoms with E-state index in [1.807, 2.05) is 6.92 Å². The molecule has 1 rings (SSSR count). The highest BCUT2D eigenvalue weighted by atomic mass is 32.2. The summed E-state index contributed by atoms with van der Waals surface area (Å²) in [4.78, 5) is -0.00671. The van der Waals surface area contributed by atoms with Crippen LogP contribution in [0.25, 0.3) is 0 Å². The number of terminal acetylenes is 1. The first-order valence-corrected chi connectivity index (χ1v) is 7.76. The fourth-order valence-corrected chi connectivity index (χ4v) is 3.73. The third-order valence-electron chi connectivity index (χ3n) is 3.05. The number of nitrogen functional groups attached to an aromatic ring is 1. The summed E-state index contributed by atoms with van der Waals surface area (Å²) >= 11 is 0. The lowest BCUT2D eigenvalue weighted by Gasteiger charge is -2.17. The summed E-state index contributed by atoms with van der Waals surface area (Å²) in [5.74, 6) is 1.77. The van der Waals surface area contributed by atoms with Crippen LogP contribution in [0.5, 0.6) is 0 Å². The third-order valence-corrected chi connectivity index (χ3v) is 4.81. The van der Waals surface area contributed by atoms with E-state index in [0.29, 0.717) is 12.0 Å². The van der Waals surface area contributed by atoms with Crippen LogP contribution in [0.4, 0.5) is 10.1 Å². The molecule has 0 aliphatic carbocycles. The van der Waals surface area contributed by atoms with Crippen LogP contribution in [0.15, 0.2) is 11.0 Å². The van der Waals surface area contributed by atoms with Crippen molar-refractivity contribution in [3.8, 4) is 12.3 Å². The second-order valence-corrected chi connectivity index (χ2v) is 6.32. The molecule has 1 unspecified atom stereocenters. The Morgan fingerprint density at radius 3 is 2.60 bits per heavy atom. The molecular formula is C14H19FN2O2S. The van der Waals surface area contributed by atoms with Gasteiger partial charge in [0.05, 0.1) is 16.6 Å². The summed E-state index contributed by atoms with van der Waals surface area (Å²) in [6.07, 6.45) is 6.60. The maximum Gasteiger partial charge on any atom is 0.242 e. The Kier molecular flexibility index (Phi) is 5.15. The molecule has 6 heteroatoms. The van der Waals surface area contributed by atoms with Gasteiger partial charge in [0.2, 0.25) is 10.0 Å². The molecular weight excluding hydrogens is 279 g/mol. The molecule has 0 aliphatic heterocycles. The van der Waals surface area contributed by atoms with E-state index >= 15 is 0 Å². The molecule has 110 valence electrons. The molecule has 4 nitrogen and oxygen atoms in total. The van der Waals surface area contributed by atoms with Crippen LogP contribution in [0.2, 0.25) is 0 Å². The Morgan fingerprint density at radius 1 is 1.50 bits per heavy atom. The van der Waals surface area contributed by atoms with Crippen molar-refractivity contribution in [3.63, 3.8) is 0 Å². The number of hydrogen-bond acceptors (Lipinski definition) is 3. The van der Waals surface area contributed by atoms with Crippen LogP contribution >= 0.6 is 0 Å². The fraction of sp³-hybridized carbons (Fsp3) is 0.429.